The number of rotatable bonds is 26. The normalized spacial score (nSPS) is 16.0. The van der Waals surface area contributed by atoms with E-state index in [0.717, 1.165) is 25.0 Å². The summed E-state index contributed by atoms with van der Waals surface area (Å²) >= 11 is 1.88. The predicted octanol–water partition coefficient (Wildman–Crippen LogP) is 9.91. The standard InChI is InChI=1S/C31H63O6PS/c1-8-11-13-15-16-17-18-20-22-25-39-28(23-21-19-14-12-9-2)27(4)37-30(38(33,34)36-24-10-3)29(32)35-26-31(5,6)7/h27-28,30H,8-26H2,1-7H3,(H,33,34). The van der Waals surface area contributed by atoms with Crippen LogP contribution in [0.25, 0.3) is 0 Å². The van der Waals surface area contributed by atoms with Crippen LogP contribution in [0.5, 0.6) is 0 Å². The Kier molecular flexibility index (Phi) is 23.4. The molecule has 0 amide bonds. The zero-order valence-electron chi connectivity index (χ0n) is 26.5. The molecule has 8 heteroatoms. The molecular formula is C31H63O6PS. The molecule has 4 unspecified atom stereocenters. The van der Waals surface area contributed by atoms with E-state index in [4.69, 9.17) is 14.0 Å². The average molecular weight is 595 g/mol. The number of carbonyl (C=O) groups excluding carboxylic acids is 1. The maximum Gasteiger partial charge on any atom is 0.368 e. The van der Waals surface area contributed by atoms with Crippen LogP contribution in [0.4, 0.5) is 0 Å². The molecule has 0 aliphatic carbocycles. The van der Waals surface area contributed by atoms with Gasteiger partial charge >= 0.3 is 13.6 Å². The van der Waals surface area contributed by atoms with Gasteiger partial charge in [-0.15, -0.1) is 0 Å². The summed E-state index contributed by atoms with van der Waals surface area (Å²) in [5.41, 5.74) is -0.262. The van der Waals surface area contributed by atoms with E-state index in [2.05, 4.69) is 13.8 Å². The molecule has 0 rings (SSSR count). The van der Waals surface area contributed by atoms with Crippen LogP contribution < -0.4 is 0 Å². The number of hydrogen-bond donors (Lipinski definition) is 1. The van der Waals surface area contributed by atoms with Crippen molar-refractivity contribution in [1.29, 1.82) is 0 Å². The van der Waals surface area contributed by atoms with E-state index in [1.165, 1.54) is 77.0 Å². The average Bonchev–Trinajstić information content (AvgIpc) is 2.88. The first kappa shape index (κ1) is 38.9. The van der Waals surface area contributed by atoms with Gasteiger partial charge in [-0.25, -0.2) is 4.79 Å². The van der Waals surface area contributed by atoms with E-state index in [-0.39, 0.29) is 30.0 Å². The quantitative estimate of drug-likeness (QED) is 0.0606. The maximum atomic E-state index is 13.1. The van der Waals surface area contributed by atoms with Gasteiger partial charge < -0.3 is 18.9 Å². The van der Waals surface area contributed by atoms with E-state index in [1.54, 1.807) is 0 Å². The Bertz CT molecular complexity index is 639. The molecule has 0 aromatic carbocycles. The van der Waals surface area contributed by atoms with Gasteiger partial charge in [0.2, 0.25) is 0 Å². The molecule has 0 saturated heterocycles. The van der Waals surface area contributed by atoms with Crippen LogP contribution in [0.2, 0.25) is 0 Å². The van der Waals surface area contributed by atoms with Gasteiger partial charge in [0.05, 0.1) is 19.3 Å². The second-order valence-electron chi connectivity index (χ2n) is 12.2. The number of ether oxygens (including phenoxy) is 2. The lowest BCUT2D eigenvalue weighted by atomic mass is 9.99. The van der Waals surface area contributed by atoms with Crippen LogP contribution in [-0.4, -0.2) is 47.0 Å². The van der Waals surface area contributed by atoms with Gasteiger partial charge in [-0.3, -0.25) is 4.57 Å². The molecule has 0 bridgehead atoms. The number of esters is 1. The summed E-state index contributed by atoms with van der Waals surface area (Å²) in [6.07, 6.45) is 18.8. The molecule has 6 nitrogen and oxygen atoms in total. The molecule has 4 atom stereocenters. The fraction of sp³-hybridized carbons (Fsp3) is 0.968. The smallest absolute Gasteiger partial charge is 0.368 e. The SMILES string of the molecule is CCCCCCCCCCCSC(CCCCCCC)C(C)OC(C(=O)OCC(C)(C)C)P(=O)(O)OCCC. The summed E-state index contributed by atoms with van der Waals surface area (Å²) in [5, 5.41) is 0.143. The summed E-state index contributed by atoms with van der Waals surface area (Å²) in [5.74, 6) is -1.41. The van der Waals surface area contributed by atoms with Crippen molar-refractivity contribution in [3.8, 4) is 0 Å². The van der Waals surface area contributed by atoms with Gasteiger partial charge in [0.1, 0.15) is 0 Å². The van der Waals surface area contributed by atoms with Crippen molar-refractivity contribution in [2.45, 2.75) is 168 Å². The van der Waals surface area contributed by atoms with Crippen molar-refractivity contribution < 1.29 is 28.3 Å². The first-order valence-electron chi connectivity index (χ1n) is 15.9. The van der Waals surface area contributed by atoms with Crippen LogP contribution in [0.3, 0.4) is 0 Å². The Morgan fingerprint density at radius 3 is 1.85 bits per heavy atom. The predicted molar refractivity (Wildman–Crippen MR) is 168 cm³/mol. The molecule has 0 aromatic heterocycles. The second kappa shape index (κ2) is 23.5. The lowest BCUT2D eigenvalue weighted by Crippen LogP contribution is -2.36. The van der Waals surface area contributed by atoms with Gasteiger partial charge in [-0.05, 0) is 37.4 Å². The Morgan fingerprint density at radius 2 is 1.33 bits per heavy atom. The van der Waals surface area contributed by atoms with Crippen molar-refractivity contribution in [3.05, 3.63) is 0 Å². The topological polar surface area (TPSA) is 82.1 Å². The van der Waals surface area contributed by atoms with E-state index < -0.39 is 19.4 Å². The van der Waals surface area contributed by atoms with E-state index in [0.29, 0.717) is 6.42 Å². The molecule has 0 aliphatic heterocycles. The zero-order valence-corrected chi connectivity index (χ0v) is 28.2. The van der Waals surface area contributed by atoms with Gasteiger partial charge in [0, 0.05) is 5.25 Å². The van der Waals surface area contributed by atoms with Crippen LogP contribution in [0.1, 0.15) is 151 Å². The van der Waals surface area contributed by atoms with Gasteiger partial charge in [0.15, 0.2) is 0 Å². The second-order valence-corrected chi connectivity index (χ2v) is 15.4. The number of unbranched alkanes of at least 4 members (excludes halogenated alkanes) is 12. The maximum absolute atomic E-state index is 13.1. The number of hydrogen-bond acceptors (Lipinski definition) is 6. The zero-order chi connectivity index (χ0) is 29.6. The number of carbonyl (C=O) groups is 1. The van der Waals surface area contributed by atoms with Crippen LogP contribution in [-0.2, 0) is 23.4 Å². The van der Waals surface area contributed by atoms with E-state index in [1.807, 2.05) is 46.4 Å². The van der Waals surface area contributed by atoms with Gasteiger partial charge in [0.25, 0.3) is 5.85 Å². The molecule has 0 spiro atoms. The largest absolute Gasteiger partial charge is 0.463 e. The third-order valence-corrected chi connectivity index (χ3v) is 9.71. The van der Waals surface area contributed by atoms with Gasteiger partial charge in [-0.1, -0.05) is 125 Å². The molecule has 39 heavy (non-hydrogen) atoms. The summed E-state index contributed by atoms with van der Waals surface area (Å²) < 4.78 is 29.8. The van der Waals surface area contributed by atoms with E-state index >= 15 is 0 Å². The molecule has 0 fully saturated rings. The van der Waals surface area contributed by atoms with E-state index in [9.17, 15) is 14.3 Å². The minimum Gasteiger partial charge on any atom is -0.463 e. The van der Waals surface area contributed by atoms with Crippen molar-refractivity contribution >= 4 is 25.3 Å². The van der Waals surface area contributed by atoms with Gasteiger partial charge in [-0.2, -0.15) is 11.8 Å². The Balaban J connectivity index is 5.11. The lowest BCUT2D eigenvalue weighted by Gasteiger charge is -2.30. The molecule has 1 N–H and O–H groups in total. The van der Waals surface area contributed by atoms with Crippen molar-refractivity contribution in [2.75, 3.05) is 19.0 Å². The monoisotopic (exact) mass is 594 g/mol. The molecule has 0 saturated carbocycles. The molecule has 0 heterocycles. The van der Waals surface area contributed by atoms with Crippen LogP contribution in [0, 0.1) is 5.41 Å². The fourth-order valence-corrected chi connectivity index (χ4v) is 6.86. The Hall–Kier alpha value is -0.0700. The van der Waals surface area contributed by atoms with Crippen molar-refractivity contribution in [2.24, 2.45) is 5.41 Å². The highest BCUT2D eigenvalue weighted by atomic mass is 32.2. The summed E-state index contributed by atoms with van der Waals surface area (Å²) in [6.45, 7) is 14.3. The minimum absolute atomic E-state index is 0.0861. The van der Waals surface area contributed by atoms with Crippen LogP contribution in [0.15, 0.2) is 0 Å². The molecule has 0 aliphatic rings. The minimum atomic E-state index is -4.35. The molecule has 0 aromatic rings. The third-order valence-electron chi connectivity index (χ3n) is 6.66. The highest BCUT2D eigenvalue weighted by Crippen LogP contribution is 2.49. The van der Waals surface area contributed by atoms with Crippen molar-refractivity contribution in [3.63, 3.8) is 0 Å². The summed E-state index contributed by atoms with van der Waals surface area (Å²) in [7, 11) is -4.35. The molecule has 0 radical (unpaired) electrons. The lowest BCUT2D eigenvalue weighted by molar-refractivity contribution is -0.158. The highest BCUT2D eigenvalue weighted by molar-refractivity contribution is 7.99. The first-order valence-corrected chi connectivity index (χ1v) is 18.6. The summed E-state index contributed by atoms with van der Waals surface area (Å²) in [4.78, 5) is 23.6. The highest BCUT2D eigenvalue weighted by Gasteiger charge is 2.43. The summed E-state index contributed by atoms with van der Waals surface area (Å²) in [6, 6.07) is 0. The third kappa shape index (κ3) is 21.3. The van der Waals surface area contributed by atoms with Crippen LogP contribution >= 0.6 is 19.4 Å². The Morgan fingerprint density at radius 1 is 0.821 bits per heavy atom. The first-order chi connectivity index (χ1) is 18.5. The fourth-order valence-electron chi connectivity index (χ4n) is 4.26. The van der Waals surface area contributed by atoms with Crippen molar-refractivity contribution in [1.82, 2.24) is 0 Å². The Labute approximate surface area is 246 Å². The number of thioether (sulfide) groups is 1. The molecular weight excluding hydrogens is 531 g/mol. The molecule has 234 valence electrons.